The summed E-state index contributed by atoms with van der Waals surface area (Å²) < 4.78 is 6.34. The van der Waals surface area contributed by atoms with Crippen LogP contribution in [0.3, 0.4) is 0 Å². The predicted molar refractivity (Wildman–Crippen MR) is 103 cm³/mol. The summed E-state index contributed by atoms with van der Waals surface area (Å²) in [5, 5.41) is 4.20. The Morgan fingerprint density at radius 2 is 1.87 bits per heavy atom. The second-order valence-electron chi connectivity index (χ2n) is 6.05. The molecule has 0 N–H and O–H groups in total. The van der Waals surface area contributed by atoms with Crippen LogP contribution in [0.5, 0.6) is 0 Å². The number of hydrogen-bond donors (Lipinski definition) is 0. The summed E-state index contributed by atoms with van der Waals surface area (Å²) in [6.07, 6.45) is 4.06. The van der Waals surface area contributed by atoms with Gasteiger partial charge in [-0.05, 0) is 30.7 Å². The Bertz CT molecular complexity index is 1140. The molecule has 2 nitrogen and oxygen atoms in total. The first-order valence-corrected chi connectivity index (χ1v) is 9.28. The maximum absolute atomic E-state index is 4.60. The number of rotatable bonds is 1. The van der Waals surface area contributed by atoms with Gasteiger partial charge in [0.2, 0.25) is 0 Å². The van der Waals surface area contributed by atoms with Crippen LogP contribution in [0, 0.1) is 6.92 Å². The first kappa shape index (κ1) is 13.4. The van der Waals surface area contributed by atoms with Crippen molar-refractivity contribution in [2.45, 2.75) is 13.1 Å². The van der Waals surface area contributed by atoms with Crippen molar-refractivity contribution < 1.29 is 4.58 Å². The highest BCUT2D eigenvalue weighted by Gasteiger charge is 2.24. The summed E-state index contributed by atoms with van der Waals surface area (Å²) in [5.41, 5.74) is 2.62. The van der Waals surface area contributed by atoms with Gasteiger partial charge in [0.1, 0.15) is 7.05 Å². The largest absolute Gasteiger partial charge is 0.272 e. The van der Waals surface area contributed by atoms with Gasteiger partial charge < -0.3 is 0 Å². The van der Waals surface area contributed by atoms with Crippen LogP contribution < -0.4 is 0 Å². The molecule has 0 amide bonds. The lowest BCUT2D eigenvalue weighted by Gasteiger charge is -2.09. The molecule has 5 rings (SSSR count). The zero-order valence-corrected chi connectivity index (χ0v) is 14.5. The van der Waals surface area contributed by atoms with Crippen molar-refractivity contribution in [1.29, 1.82) is 0 Å². The third kappa shape index (κ3) is 1.85. The van der Waals surface area contributed by atoms with E-state index >= 15 is 0 Å². The smallest absolute Gasteiger partial charge is 0.215 e. The molecule has 0 fully saturated rings. The second kappa shape index (κ2) is 4.73. The van der Waals surface area contributed by atoms with Gasteiger partial charge in [-0.15, -0.1) is 22.7 Å². The van der Waals surface area contributed by atoms with Crippen molar-refractivity contribution in [1.82, 2.24) is 0 Å². The van der Waals surface area contributed by atoms with Crippen LogP contribution in [0.1, 0.15) is 17.3 Å². The third-order valence-corrected chi connectivity index (χ3v) is 7.01. The number of fused-ring (bicyclic) bond motifs is 5. The minimum atomic E-state index is 0.122. The Hall–Kier alpha value is -2.04. The van der Waals surface area contributed by atoms with Crippen LogP contribution in [-0.2, 0) is 0 Å². The van der Waals surface area contributed by atoms with Crippen LogP contribution >= 0.6 is 22.7 Å². The number of benzene rings is 2. The Morgan fingerprint density at radius 3 is 2.70 bits per heavy atom. The summed E-state index contributed by atoms with van der Waals surface area (Å²) in [6.45, 7) is 2.20. The van der Waals surface area contributed by atoms with Crippen molar-refractivity contribution >= 4 is 64.7 Å². The fraction of sp³-hybridized carbons (Fsp3) is 0.158. The maximum atomic E-state index is 4.60. The first-order chi connectivity index (χ1) is 11.2. The molecule has 1 aliphatic rings. The molecule has 2 aromatic carbocycles. The van der Waals surface area contributed by atoms with Gasteiger partial charge in [-0.25, -0.2) is 9.57 Å². The van der Waals surface area contributed by atoms with E-state index in [1.807, 2.05) is 35.1 Å². The fourth-order valence-corrected chi connectivity index (χ4v) is 6.06. The molecule has 0 saturated carbocycles. The van der Waals surface area contributed by atoms with E-state index in [2.05, 4.69) is 59.9 Å². The highest BCUT2D eigenvalue weighted by molar-refractivity contribution is 7.44. The highest BCUT2D eigenvalue weighted by atomic mass is 32.2. The monoisotopic (exact) mass is 335 g/mol. The molecule has 0 aliphatic carbocycles. The number of aryl methyl sites for hydroxylation is 1. The number of thiophene rings is 2. The van der Waals surface area contributed by atoms with E-state index < -0.39 is 0 Å². The van der Waals surface area contributed by atoms with Crippen LogP contribution in [-0.4, -0.2) is 24.1 Å². The molecule has 0 saturated heterocycles. The maximum Gasteiger partial charge on any atom is 0.272 e. The summed E-state index contributed by atoms with van der Waals surface area (Å²) in [4.78, 5) is 4.60. The molecule has 4 aromatic rings. The quantitative estimate of drug-likeness (QED) is 0.415. The Labute approximate surface area is 142 Å². The SMILES string of the molecule is Cc1cc2c(cc1C1N=CC=[N+]1C)sc1sc3ccccc3c12. The van der Waals surface area contributed by atoms with Crippen molar-refractivity contribution in [3.63, 3.8) is 0 Å². The average Bonchev–Trinajstić information content (AvgIpc) is 3.20. The standard InChI is InChI=1S/C19H15N2S2/c1-11-9-14-16(10-13(11)18-20-7-8-21(18)2)23-19-17(14)12-5-3-4-6-15(12)22-19/h3-10,18H,1-2H3/q+1. The summed E-state index contributed by atoms with van der Waals surface area (Å²) in [6, 6.07) is 13.4. The zero-order valence-electron chi connectivity index (χ0n) is 12.9. The molecule has 0 bridgehead atoms. The van der Waals surface area contributed by atoms with Crippen molar-refractivity contribution in [3.05, 3.63) is 47.5 Å². The van der Waals surface area contributed by atoms with Gasteiger partial charge in [-0.1, -0.05) is 18.2 Å². The molecule has 1 atom stereocenters. The Balaban J connectivity index is 1.83. The molecule has 112 valence electrons. The van der Waals surface area contributed by atoms with Crippen LogP contribution in [0.4, 0.5) is 0 Å². The van der Waals surface area contributed by atoms with Crippen LogP contribution in [0.2, 0.25) is 0 Å². The third-order valence-electron chi connectivity index (χ3n) is 4.60. The molecule has 4 heteroatoms. The molecule has 2 aromatic heterocycles. The summed E-state index contributed by atoms with van der Waals surface area (Å²) in [5.74, 6) is 0. The molecular weight excluding hydrogens is 320 g/mol. The molecule has 23 heavy (non-hydrogen) atoms. The fourth-order valence-electron chi connectivity index (χ4n) is 3.42. The van der Waals surface area contributed by atoms with E-state index in [1.165, 1.54) is 40.7 Å². The number of hydrogen-bond acceptors (Lipinski definition) is 3. The van der Waals surface area contributed by atoms with E-state index in [0.717, 1.165) is 0 Å². The predicted octanol–water partition coefficient (Wildman–Crippen LogP) is 5.37. The lowest BCUT2D eigenvalue weighted by molar-refractivity contribution is -0.533. The van der Waals surface area contributed by atoms with Crippen molar-refractivity contribution in [2.24, 2.45) is 4.99 Å². The lowest BCUT2D eigenvalue weighted by Crippen LogP contribution is -2.10. The van der Waals surface area contributed by atoms with Gasteiger partial charge in [-0.3, -0.25) is 0 Å². The van der Waals surface area contributed by atoms with Gasteiger partial charge in [0.15, 0.2) is 6.21 Å². The van der Waals surface area contributed by atoms with Crippen LogP contribution in [0.25, 0.3) is 29.6 Å². The van der Waals surface area contributed by atoms with E-state index in [0.29, 0.717) is 0 Å². The zero-order chi connectivity index (χ0) is 15.6. The molecule has 1 unspecified atom stereocenters. The van der Waals surface area contributed by atoms with Gasteiger partial charge in [0.25, 0.3) is 6.17 Å². The van der Waals surface area contributed by atoms with Gasteiger partial charge in [-0.2, -0.15) is 0 Å². The number of nitrogens with zero attached hydrogens (tertiary/aromatic N) is 2. The highest BCUT2D eigenvalue weighted by Crippen LogP contribution is 2.45. The van der Waals surface area contributed by atoms with E-state index in [4.69, 9.17) is 0 Å². The normalized spacial score (nSPS) is 17.7. The topological polar surface area (TPSA) is 15.4 Å². The van der Waals surface area contributed by atoms with E-state index in [-0.39, 0.29) is 6.17 Å². The number of aliphatic imine (C=N–C) groups is 1. The Morgan fingerprint density at radius 1 is 1.04 bits per heavy atom. The van der Waals surface area contributed by atoms with Gasteiger partial charge in [0, 0.05) is 31.1 Å². The molecule has 0 spiro atoms. The van der Waals surface area contributed by atoms with E-state index in [9.17, 15) is 0 Å². The van der Waals surface area contributed by atoms with E-state index in [1.54, 1.807) is 0 Å². The minimum Gasteiger partial charge on any atom is -0.215 e. The first-order valence-electron chi connectivity index (χ1n) is 7.65. The van der Waals surface area contributed by atoms with Crippen molar-refractivity contribution in [2.75, 3.05) is 7.05 Å². The minimum absolute atomic E-state index is 0.122. The molecular formula is C19H15N2S2+. The molecule has 3 heterocycles. The molecule has 0 radical (unpaired) electrons. The van der Waals surface area contributed by atoms with Gasteiger partial charge in [0.05, 0.1) is 10.2 Å². The van der Waals surface area contributed by atoms with Crippen LogP contribution in [0.15, 0.2) is 41.4 Å². The molecule has 1 aliphatic heterocycles. The Kier molecular flexibility index (Phi) is 2.75. The van der Waals surface area contributed by atoms with Gasteiger partial charge >= 0.3 is 0 Å². The average molecular weight is 335 g/mol. The summed E-state index contributed by atoms with van der Waals surface area (Å²) in [7, 11) is 2.09. The second-order valence-corrected chi connectivity index (χ2v) is 8.42. The van der Waals surface area contributed by atoms with Crippen molar-refractivity contribution in [3.8, 4) is 0 Å². The summed E-state index contributed by atoms with van der Waals surface area (Å²) >= 11 is 3.81. The lowest BCUT2D eigenvalue weighted by atomic mass is 10.0.